The van der Waals surface area contributed by atoms with E-state index in [0.717, 1.165) is 18.5 Å². The van der Waals surface area contributed by atoms with Gasteiger partial charge in [0.25, 0.3) is 5.91 Å². The van der Waals surface area contributed by atoms with Gasteiger partial charge in [0.2, 0.25) is 0 Å². The van der Waals surface area contributed by atoms with Crippen molar-refractivity contribution in [3.63, 3.8) is 0 Å². The van der Waals surface area contributed by atoms with Crippen LogP contribution in [0.3, 0.4) is 0 Å². The number of rotatable bonds is 4. The first kappa shape index (κ1) is 19.8. The number of para-hydroxylation sites is 1. The Balaban J connectivity index is 0.00000225. The van der Waals surface area contributed by atoms with E-state index in [1.807, 2.05) is 23.1 Å². The van der Waals surface area contributed by atoms with E-state index in [1.165, 1.54) is 11.8 Å². The minimum atomic E-state index is -0.410. The lowest BCUT2D eigenvalue weighted by Crippen LogP contribution is -2.50. The quantitative estimate of drug-likeness (QED) is 0.630. The Kier molecular flexibility index (Phi) is 6.21. The zero-order valence-electron chi connectivity index (χ0n) is 15.2. The Morgan fingerprint density at radius 3 is 2.43 bits per heavy atom. The summed E-state index contributed by atoms with van der Waals surface area (Å²) in [7, 11) is 0. The van der Waals surface area contributed by atoms with E-state index in [0.29, 0.717) is 24.4 Å². The molecule has 146 valence electrons. The van der Waals surface area contributed by atoms with Crippen molar-refractivity contribution in [2.75, 3.05) is 37.7 Å². The lowest BCUT2D eigenvalue weighted by Gasteiger charge is -2.36. The molecule has 0 N–H and O–H groups in total. The first-order valence-electron chi connectivity index (χ1n) is 8.93. The highest BCUT2D eigenvalue weighted by molar-refractivity contribution is 5.85. The van der Waals surface area contributed by atoms with Crippen LogP contribution < -0.4 is 15.3 Å². The van der Waals surface area contributed by atoms with E-state index in [1.54, 1.807) is 24.3 Å². The van der Waals surface area contributed by atoms with Crippen molar-refractivity contribution in [3.8, 4) is 5.75 Å². The highest BCUT2D eigenvalue weighted by Gasteiger charge is 2.21. The smallest absolute Gasteiger partial charge is 0.336 e. The van der Waals surface area contributed by atoms with Crippen molar-refractivity contribution in [2.24, 2.45) is 0 Å². The third-order valence-corrected chi connectivity index (χ3v) is 4.71. The number of benzene rings is 2. The van der Waals surface area contributed by atoms with E-state index < -0.39 is 5.63 Å². The number of amides is 1. The van der Waals surface area contributed by atoms with E-state index >= 15 is 0 Å². The molecule has 2 aromatic carbocycles. The van der Waals surface area contributed by atoms with Crippen molar-refractivity contribution in [3.05, 3.63) is 71.1 Å². The molecular formula is C21H21ClN2O4. The molecule has 0 aliphatic carbocycles. The number of carbonyl (C=O) groups excluding carboxylic acids is 1. The second kappa shape index (κ2) is 8.80. The lowest BCUT2D eigenvalue weighted by atomic mass is 10.2. The number of anilines is 1. The summed E-state index contributed by atoms with van der Waals surface area (Å²) in [6.07, 6.45) is 0. The highest BCUT2D eigenvalue weighted by atomic mass is 35.5. The van der Waals surface area contributed by atoms with E-state index in [2.05, 4.69) is 17.0 Å². The summed E-state index contributed by atoms with van der Waals surface area (Å²) in [5, 5.41) is 0.810. The van der Waals surface area contributed by atoms with Crippen molar-refractivity contribution in [2.45, 2.75) is 0 Å². The molecule has 0 spiro atoms. The van der Waals surface area contributed by atoms with Crippen molar-refractivity contribution >= 4 is 35.0 Å². The molecule has 7 heteroatoms. The minimum Gasteiger partial charge on any atom is -0.484 e. The molecule has 1 aromatic heterocycles. The third kappa shape index (κ3) is 4.46. The number of piperazine rings is 1. The maximum Gasteiger partial charge on any atom is 0.336 e. The number of hydrogen-bond acceptors (Lipinski definition) is 5. The van der Waals surface area contributed by atoms with Crippen molar-refractivity contribution in [1.29, 1.82) is 0 Å². The number of hydrogen-bond donors (Lipinski definition) is 0. The molecule has 1 fully saturated rings. The Hall–Kier alpha value is -2.99. The van der Waals surface area contributed by atoms with Gasteiger partial charge < -0.3 is 19.0 Å². The van der Waals surface area contributed by atoms with Crippen molar-refractivity contribution < 1.29 is 13.9 Å². The van der Waals surface area contributed by atoms with Gasteiger partial charge in [-0.3, -0.25) is 4.79 Å². The van der Waals surface area contributed by atoms with Crippen LogP contribution in [0.25, 0.3) is 11.0 Å². The number of carbonyl (C=O) groups is 1. The molecule has 1 saturated heterocycles. The molecule has 1 aliphatic heterocycles. The van der Waals surface area contributed by atoms with Gasteiger partial charge >= 0.3 is 5.63 Å². The van der Waals surface area contributed by atoms with Crippen LogP contribution in [0, 0.1) is 0 Å². The summed E-state index contributed by atoms with van der Waals surface area (Å²) < 4.78 is 10.8. The van der Waals surface area contributed by atoms with Gasteiger partial charge in [-0.2, -0.15) is 0 Å². The van der Waals surface area contributed by atoms with Gasteiger partial charge in [-0.1, -0.05) is 18.2 Å². The molecule has 0 radical (unpaired) electrons. The molecule has 6 nitrogen and oxygen atoms in total. The average molecular weight is 401 g/mol. The fourth-order valence-corrected chi connectivity index (χ4v) is 3.22. The van der Waals surface area contributed by atoms with Gasteiger partial charge in [0, 0.05) is 49.4 Å². The molecule has 0 unspecified atom stereocenters. The largest absolute Gasteiger partial charge is 0.484 e. The number of nitrogens with zero attached hydrogens (tertiary/aromatic N) is 2. The van der Waals surface area contributed by atoms with Gasteiger partial charge in [-0.25, -0.2) is 4.79 Å². The highest BCUT2D eigenvalue weighted by Crippen LogP contribution is 2.20. The second-order valence-electron chi connectivity index (χ2n) is 6.45. The van der Waals surface area contributed by atoms with Gasteiger partial charge in [0.1, 0.15) is 11.3 Å². The Labute approximate surface area is 168 Å². The maximum atomic E-state index is 12.4. The number of ether oxygens (including phenoxy) is 1. The topological polar surface area (TPSA) is 63.0 Å². The molecule has 0 saturated carbocycles. The van der Waals surface area contributed by atoms with Crippen LogP contribution >= 0.6 is 12.4 Å². The van der Waals surface area contributed by atoms with Crippen LogP contribution in [-0.2, 0) is 4.79 Å². The zero-order valence-corrected chi connectivity index (χ0v) is 16.1. The standard InChI is InChI=1S/C21H20N2O4.ClH/c24-20(23-12-10-22(11-13-23)17-4-2-1-3-5-17)15-26-18-8-6-16-7-9-21(25)27-19(16)14-18;/h1-9,14H,10-13,15H2;1H. The van der Waals surface area contributed by atoms with Gasteiger partial charge in [-0.05, 0) is 30.3 Å². The molecular weight excluding hydrogens is 380 g/mol. The van der Waals surface area contributed by atoms with E-state index in [4.69, 9.17) is 9.15 Å². The van der Waals surface area contributed by atoms with Gasteiger partial charge in [0.05, 0.1) is 0 Å². The van der Waals surface area contributed by atoms with Crippen LogP contribution in [0.5, 0.6) is 5.75 Å². The monoisotopic (exact) mass is 400 g/mol. The molecule has 3 aromatic rings. The fourth-order valence-electron chi connectivity index (χ4n) is 3.22. The summed E-state index contributed by atoms with van der Waals surface area (Å²) >= 11 is 0. The van der Waals surface area contributed by atoms with Crippen LogP contribution in [0.15, 0.2) is 69.9 Å². The predicted molar refractivity (Wildman–Crippen MR) is 110 cm³/mol. The Bertz CT molecular complexity index is 998. The average Bonchev–Trinajstić information content (AvgIpc) is 2.72. The Morgan fingerprint density at radius 1 is 0.964 bits per heavy atom. The summed E-state index contributed by atoms with van der Waals surface area (Å²) in [5.41, 5.74) is 1.22. The first-order valence-corrected chi connectivity index (χ1v) is 8.93. The van der Waals surface area contributed by atoms with E-state index in [-0.39, 0.29) is 24.9 Å². The zero-order chi connectivity index (χ0) is 18.6. The maximum absolute atomic E-state index is 12.4. The number of halogens is 1. The fraction of sp³-hybridized carbons (Fsp3) is 0.238. The van der Waals surface area contributed by atoms with Gasteiger partial charge in [0.15, 0.2) is 6.61 Å². The molecule has 2 heterocycles. The van der Waals surface area contributed by atoms with E-state index in [9.17, 15) is 9.59 Å². The molecule has 0 bridgehead atoms. The van der Waals surface area contributed by atoms with Crippen LogP contribution in [0.2, 0.25) is 0 Å². The van der Waals surface area contributed by atoms with Gasteiger partial charge in [-0.15, -0.1) is 12.4 Å². The van der Waals surface area contributed by atoms with Crippen LogP contribution in [0.1, 0.15) is 0 Å². The summed E-state index contributed by atoms with van der Waals surface area (Å²) in [5.74, 6) is 0.463. The predicted octanol–water partition coefficient (Wildman–Crippen LogP) is 2.94. The summed E-state index contributed by atoms with van der Waals surface area (Å²) in [4.78, 5) is 27.9. The third-order valence-electron chi connectivity index (χ3n) is 4.71. The summed E-state index contributed by atoms with van der Waals surface area (Å²) in [6.45, 7) is 2.91. The molecule has 28 heavy (non-hydrogen) atoms. The van der Waals surface area contributed by atoms with Crippen molar-refractivity contribution in [1.82, 2.24) is 4.90 Å². The Morgan fingerprint density at radius 2 is 1.68 bits per heavy atom. The molecule has 1 amide bonds. The lowest BCUT2D eigenvalue weighted by molar-refractivity contribution is -0.133. The molecule has 4 rings (SSSR count). The second-order valence-corrected chi connectivity index (χ2v) is 6.45. The summed E-state index contributed by atoms with van der Waals surface area (Å²) in [6, 6.07) is 18.5. The molecule has 0 atom stereocenters. The normalized spacial score (nSPS) is 13.9. The van der Waals surface area contributed by atoms with Crippen LogP contribution in [0.4, 0.5) is 5.69 Å². The number of fused-ring (bicyclic) bond motifs is 1. The minimum absolute atomic E-state index is 0. The SMILES string of the molecule is Cl.O=C(COc1ccc2ccc(=O)oc2c1)N1CCN(c2ccccc2)CC1. The first-order chi connectivity index (χ1) is 13.2. The molecule has 1 aliphatic rings. The van der Waals surface area contributed by atoms with Crippen LogP contribution in [-0.4, -0.2) is 43.6 Å².